The quantitative estimate of drug-likeness (QED) is 0.149. The van der Waals surface area contributed by atoms with Gasteiger partial charge in [-0.2, -0.15) is 0 Å². The first kappa shape index (κ1) is 23.3. The second-order valence-corrected chi connectivity index (χ2v) is 5.39. The van der Waals surface area contributed by atoms with Gasteiger partial charge in [-0.1, -0.05) is 12.1 Å². The molecule has 1 aromatic rings. The summed E-state index contributed by atoms with van der Waals surface area (Å²) in [5, 5.41) is 10.4. The van der Waals surface area contributed by atoms with E-state index >= 15 is 0 Å². The van der Waals surface area contributed by atoms with Gasteiger partial charge in [0, 0.05) is 13.3 Å². The van der Waals surface area contributed by atoms with Gasteiger partial charge in [0.2, 0.25) is 12.1 Å². The Morgan fingerprint density at radius 2 is 1.93 bits per heavy atom. The predicted octanol–water partition coefficient (Wildman–Crippen LogP) is -0.205. The molecule has 0 heterocycles. The number of nitrogens with one attached hydrogen (secondary N) is 1. The maximum Gasteiger partial charge on any atom is 0.344 e. The van der Waals surface area contributed by atoms with E-state index in [-0.39, 0.29) is 37.2 Å². The SMILES string of the molecule is CC(=O)Oc1ccccc1C(=O)OCOC(=O)CCCC(CO[NH+]=O)O[N+](=O)[O-]. The molecule has 0 bridgehead atoms. The van der Waals surface area contributed by atoms with Crippen LogP contribution in [0.3, 0.4) is 0 Å². The molecule has 0 fully saturated rings. The van der Waals surface area contributed by atoms with Gasteiger partial charge in [0.15, 0.2) is 6.61 Å². The molecule has 158 valence electrons. The minimum atomic E-state index is -1.05. The van der Waals surface area contributed by atoms with Crippen molar-refractivity contribution in [2.45, 2.75) is 32.3 Å². The van der Waals surface area contributed by atoms with Crippen LogP contribution in [0.25, 0.3) is 0 Å². The maximum absolute atomic E-state index is 12.0. The van der Waals surface area contributed by atoms with Crippen LogP contribution >= 0.6 is 0 Å². The zero-order valence-electron chi connectivity index (χ0n) is 15.4. The van der Waals surface area contributed by atoms with Gasteiger partial charge in [0.1, 0.15) is 17.4 Å². The van der Waals surface area contributed by atoms with Crippen LogP contribution in [0, 0.1) is 15.0 Å². The van der Waals surface area contributed by atoms with Gasteiger partial charge >= 0.3 is 17.9 Å². The van der Waals surface area contributed by atoms with Gasteiger partial charge in [-0.3, -0.25) is 9.59 Å². The van der Waals surface area contributed by atoms with Crippen LogP contribution in [-0.2, 0) is 28.7 Å². The Bertz CT molecular complexity index is 737. The molecule has 0 aliphatic rings. The topological polar surface area (TPSA) is 172 Å². The van der Waals surface area contributed by atoms with Gasteiger partial charge in [-0.25, -0.2) is 9.63 Å². The van der Waals surface area contributed by atoms with Crippen LogP contribution in [0.15, 0.2) is 24.3 Å². The van der Waals surface area contributed by atoms with E-state index in [1.54, 1.807) is 6.07 Å². The van der Waals surface area contributed by atoms with E-state index in [1.807, 2.05) is 0 Å². The lowest BCUT2D eigenvalue weighted by Gasteiger charge is -2.11. The number of ether oxygens (including phenoxy) is 3. The van der Waals surface area contributed by atoms with E-state index < -0.39 is 35.9 Å². The number of carbonyl (C=O) groups is 3. The molecule has 0 spiro atoms. The first-order chi connectivity index (χ1) is 13.8. The highest BCUT2D eigenvalue weighted by Gasteiger charge is 2.18. The first-order valence-electron chi connectivity index (χ1n) is 8.23. The molecule has 1 N–H and O–H groups in total. The van der Waals surface area contributed by atoms with Crippen LogP contribution in [0.4, 0.5) is 0 Å². The number of esters is 3. The van der Waals surface area contributed by atoms with Crippen molar-refractivity contribution < 1.29 is 48.7 Å². The smallest absolute Gasteiger partial charge is 0.344 e. The van der Waals surface area contributed by atoms with Crippen molar-refractivity contribution in [2.75, 3.05) is 13.4 Å². The molecule has 0 aliphatic heterocycles. The molecular weight excluding hydrogens is 396 g/mol. The summed E-state index contributed by atoms with van der Waals surface area (Å²) in [5.41, 5.74) is -0.0227. The number of rotatable bonds is 13. The average molecular weight is 415 g/mol. The highest BCUT2D eigenvalue weighted by Crippen LogP contribution is 2.19. The van der Waals surface area contributed by atoms with E-state index in [0.29, 0.717) is 0 Å². The Morgan fingerprint density at radius 3 is 2.59 bits per heavy atom. The van der Waals surface area contributed by atoms with E-state index in [9.17, 15) is 29.4 Å². The summed E-state index contributed by atoms with van der Waals surface area (Å²) in [6.07, 6.45) is -1.03. The second-order valence-electron chi connectivity index (χ2n) is 5.39. The zero-order valence-corrected chi connectivity index (χ0v) is 15.4. The van der Waals surface area contributed by atoms with Crippen molar-refractivity contribution >= 4 is 17.9 Å². The summed E-state index contributed by atoms with van der Waals surface area (Å²) < 4.78 is 14.4. The van der Waals surface area contributed by atoms with Crippen LogP contribution in [-0.4, -0.2) is 42.5 Å². The van der Waals surface area contributed by atoms with Crippen molar-refractivity contribution in [2.24, 2.45) is 0 Å². The average Bonchev–Trinajstić information content (AvgIpc) is 2.65. The lowest BCUT2D eigenvalue weighted by molar-refractivity contribution is -0.796. The van der Waals surface area contributed by atoms with E-state index in [1.165, 1.54) is 25.1 Å². The van der Waals surface area contributed by atoms with Crippen LogP contribution < -0.4 is 10.1 Å². The first-order valence-corrected chi connectivity index (χ1v) is 8.23. The summed E-state index contributed by atoms with van der Waals surface area (Å²) in [5.74, 6) is -2.21. The Balaban J connectivity index is 2.38. The Morgan fingerprint density at radius 1 is 1.21 bits per heavy atom. The lowest BCUT2D eigenvalue weighted by Crippen LogP contribution is -2.64. The van der Waals surface area contributed by atoms with Gasteiger partial charge in [0.25, 0.3) is 5.09 Å². The summed E-state index contributed by atoms with van der Waals surface area (Å²) >= 11 is 0. The molecule has 0 saturated carbocycles. The van der Waals surface area contributed by atoms with Crippen molar-refractivity contribution in [1.29, 1.82) is 0 Å². The largest absolute Gasteiger partial charge is 0.428 e. The standard InChI is InChI=1S/C16H19N2O11/c1-11(19)28-14-7-3-2-6-13(14)16(21)26-10-25-15(20)8-4-5-12(9-27-17-22)29-18(23)24/h2-3,6-7,12,17H,4-5,8-10H2,1H3/q+1. The highest BCUT2D eigenvalue weighted by molar-refractivity contribution is 5.93. The third-order valence-corrected chi connectivity index (χ3v) is 3.24. The molecule has 0 amide bonds. The Kier molecular flexibility index (Phi) is 10.1. The van der Waals surface area contributed by atoms with Gasteiger partial charge < -0.3 is 19.0 Å². The molecule has 13 heteroatoms. The zero-order chi connectivity index (χ0) is 21.6. The number of benzene rings is 1. The fraction of sp³-hybridized carbons (Fsp3) is 0.438. The van der Waals surface area contributed by atoms with Crippen LogP contribution in [0.1, 0.15) is 36.5 Å². The molecular formula is C16H19N2O11+. The van der Waals surface area contributed by atoms with Gasteiger partial charge in [-0.05, 0) is 25.0 Å². The number of hydrogen-bond acceptors (Lipinski definition) is 11. The lowest BCUT2D eigenvalue weighted by atomic mass is 10.1. The normalized spacial score (nSPS) is 10.9. The molecule has 1 atom stereocenters. The molecule has 29 heavy (non-hydrogen) atoms. The van der Waals surface area contributed by atoms with Crippen molar-refractivity contribution in [3.8, 4) is 5.75 Å². The summed E-state index contributed by atoms with van der Waals surface area (Å²) in [6, 6.07) is 5.87. The number of nitrogens with zero attached hydrogens (tertiary/aromatic N) is 1. The molecule has 0 radical (unpaired) electrons. The molecule has 1 rings (SSSR count). The fourth-order valence-corrected chi connectivity index (χ4v) is 2.07. The molecule has 0 aromatic heterocycles. The van der Waals surface area contributed by atoms with E-state index in [4.69, 9.17) is 14.2 Å². The summed E-state index contributed by atoms with van der Waals surface area (Å²) in [7, 11) is 0. The Labute approximate surface area is 163 Å². The van der Waals surface area contributed by atoms with Crippen LogP contribution in [0.2, 0.25) is 0 Å². The molecule has 1 unspecified atom stereocenters. The van der Waals surface area contributed by atoms with Crippen molar-refractivity contribution in [3.63, 3.8) is 0 Å². The minimum absolute atomic E-state index is 0.00273. The number of hydrogen-bond donors (Lipinski definition) is 1. The molecule has 1 aromatic carbocycles. The van der Waals surface area contributed by atoms with Gasteiger partial charge in [-0.15, -0.1) is 10.1 Å². The van der Waals surface area contributed by atoms with Crippen molar-refractivity contribution in [1.82, 2.24) is 0 Å². The monoisotopic (exact) mass is 415 g/mol. The third-order valence-electron chi connectivity index (χ3n) is 3.24. The summed E-state index contributed by atoms with van der Waals surface area (Å²) in [4.78, 5) is 63.6. The number of carbonyl (C=O) groups excluding carboxylic acids is 3. The second kappa shape index (κ2) is 12.6. The molecule has 0 saturated heterocycles. The fourth-order valence-electron chi connectivity index (χ4n) is 2.07. The summed E-state index contributed by atoms with van der Waals surface area (Å²) in [6.45, 7) is 0.109. The highest BCUT2D eigenvalue weighted by atomic mass is 17.0. The maximum atomic E-state index is 12.0. The van der Waals surface area contributed by atoms with Crippen LogP contribution in [0.5, 0.6) is 5.75 Å². The number of para-hydroxylation sites is 1. The third kappa shape index (κ3) is 9.65. The molecule has 13 nitrogen and oxygen atoms in total. The van der Waals surface area contributed by atoms with Crippen molar-refractivity contribution in [3.05, 3.63) is 44.9 Å². The Hall–Kier alpha value is -3.77. The predicted molar refractivity (Wildman–Crippen MR) is 90.1 cm³/mol. The van der Waals surface area contributed by atoms with E-state index in [2.05, 4.69) is 9.68 Å². The molecule has 0 aliphatic carbocycles. The minimum Gasteiger partial charge on any atom is -0.428 e. The van der Waals surface area contributed by atoms with Gasteiger partial charge in [0.05, 0.1) is 4.91 Å². The van der Waals surface area contributed by atoms with E-state index in [0.717, 1.165) is 5.34 Å².